The first-order valence-corrected chi connectivity index (χ1v) is 7.97. The first-order chi connectivity index (χ1) is 10.0. The van der Waals surface area contributed by atoms with Crippen molar-refractivity contribution < 1.29 is 18.3 Å². The molecule has 6 heteroatoms. The van der Waals surface area contributed by atoms with Crippen LogP contribution >= 0.6 is 27.7 Å². The van der Waals surface area contributed by atoms with Crippen LogP contribution in [0, 0.1) is 11.6 Å². The molecule has 0 saturated heterocycles. The van der Waals surface area contributed by atoms with Gasteiger partial charge in [-0.15, -0.1) is 11.8 Å². The van der Waals surface area contributed by atoms with Gasteiger partial charge in [0, 0.05) is 16.5 Å². The topological polar surface area (TPSA) is 26.3 Å². The Kier molecular flexibility index (Phi) is 5.36. The summed E-state index contributed by atoms with van der Waals surface area (Å²) in [6.07, 6.45) is 1.94. The molecule has 21 heavy (non-hydrogen) atoms. The second kappa shape index (κ2) is 7.04. The lowest BCUT2D eigenvalue weighted by molar-refractivity contribution is 0.0918. The van der Waals surface area contributed by atoms with Gasteiger partial charge in [0.1, 0.15) is 5.82 Å². The van der Waals surface area contributed by atoms with Crippen LogP contribution in [-0.2, 0) is 0 Å². The fraction of sp³-hybridized carbons (Fsp3) is 0.133. The molecule has 0 aromatic heterocycles. The van der Waals surface area contributed by atoms with Crippen LogP contribution in [0.25, 0.3) is 0 Å². The minimum atomic E-state index is -0.854. The van der Waals surface area contributed by atoms with Gasteiger partial charge in [0.2, 0.25) is 0 Å². The Hall–Kier alpha value is -1.40. The van der Waals surface area contributed by atoms with Crippen molar-refractivity contribution in [3.8, 4) is 5.75 Å². The molecule has 0 bridgehead atoms. The highest BCUT2D eigenvalue weighted by Gasteiger charge is 2.13. The molecule has 0 fully saturated rings. The highest BCUT2D eigenvalue weighted by molar-refractivity contribution is 9.10. The van der Waals surface area contributed by atoms with Crippen LogP contribution in [0.1, 0.15) is 10.4 Å². The van der Waals surface area contributed by atoms with E-state index in [1.165, 1.54) is 0 Å². The van der Waals surface area contributed by atoms with Crippen molar-refractivity contribution in [3.63, 3.8) is 0 Å². The predicted octanol–water partition coefficient (Wildman–Crippen LogP) is 4.71. The molecule has 2 aromatic carbocycles. The molecule has 0 heterocycles. The molecule has 110 valence electrons. The average molecular weight is 373 g/mol. The van der Waals surface area contributed by atoms with E-state index in [2.05, 4.69) is 15.9 Å². The van der Waals surface area contributed by atoms with Crippen LogP contribution < -0.4 is 4.74 Å². The van der Waals surface area contributed by atoms with E-state index in [0.717, 1.165) is 11.0 Å². The smallest absolute Gasteiger partial charge is 0.200 e. The van der Waals surface area contributed by atoms with Crippen LogP contribution in [0.2, 0.25) is 0 Å². The van der Waals surface area contributed by atoms with Crippen molar-refractivity contribution in [2.24, 2.45) is 0 Å². The van der Waals surface area contributed by atoms with Crippen molar-refractivity contribution in [3.05, 3.63) is 58.1 Å². The van der Waals surface area contributed by atoms with Gasteiger partial charge in [-0.1, -0.05) is 12.1 Å². The summed E-state index contributed by atoms with van der Waals surface area (Å²) < 4.78 is 31.8. The molecular weight excluding hydrogens is 362 g/mol. The Balaban J connectivity index is 2.07. The molecule has 0 spiro atoms. The number of hydrogen-bond donors (Lipinski definition) is 0. The molecule has 2 aromatic rings. The molecule has 0 aliphatic heterocycles. The number of ether oxygens (including phenoxy) is 1. The Morgan fingerprint density at radius 3 is 2.48 bits per heavy atom. The van der Waals surface area contributed by atoms with Gasteiger partial charge in [0.15, 0.2) is 24.0 Å². The molecule has 2 rings (SSSR count). The second-order valence-corrected chi connectivity index (χ2v) is 5.87. The standard InChI is InChI=1S/C15H11BrF2O2S/c1-21-11-4-2-9(3-5-11)14(19)8-20-15-12(16)6-10(17)7-13(15)18/h2-7H,8H2,1H3. The number of benzene rings is 2. The summed E-state index contributed by atoms with van der Waals surface area (Å²) in [5.41, 5.74) is 0.478. The second-order valence-electron chi connectivity index (χ2n) is 4.14. The summed E-state index contributed by atoms with van der Waals surface area (Å²) in [5.74, 6) is -2.03. The van der Waals surface area contributed by atoms with E-state index in [1.807, 2.05) is 18.4 Å². The number of thioether (sulfide) groups is 1. The molecule has 0 radical (unpaired) electrons. The molecular formula is C15H11BrF2O2S. The molecule has 0 N–H and O–H groups in total. The summed E-state index contributed by atoms with van der Waals surface area (Å²) >= 11 is 4.57. The molecule has 0 aliphatic rings. The molecule has 0 atom stereocenters. The highest BCUT2D eigenvalue weighted by atomic mass is 79.9. The number of carbonyl (C=O) groups is 1. The molecule has 0 aliphatic carbocycles. The molecule has 0 unspecified atom stereocenters. The van der Waals surface area contributed by atoms with Crippen LogP contribution in [-0.4, -0.2) is 18.6 Å². The van der Waals surface area contributed by atoms with E-state index in [-0.39, 0.29) is 22.6 Å². The van der Waals surface area contributed by atoms with E-state index in [4.69, 9.17) is 4.74 Å². The Morgan fingerprint density at radius 2 is 1.90 bits per heavy atom. The monoisotopic (exact) mass is 372 g/mol. The Labute approximate surface area is 133 Å². The van der Waals surface area contributed by atoms with Crippen molar-refractivity contribution >= 4 is 33.5 Å². The van der Waals surface area contributed by atoms with Crippen LogP contribution in [0.4, 0.5) is 8.78 Å². The van der Waals surface area contributed by atoms with Gasteiger partial charge in [-0.05, 0) is 40.4 Å². The summed E-state index contributed by atoms with van der Waals surface area (Å²) in [5, 5.41) is 0. The van der Waals surface area contributed by atoms with Crippen molar-refractivity contribution in [1.82, 2.24) is 0 Å². The largest absolute Gasteiger partial charge is 0.481 e. The van der Waals surface area contributed by atoms with E-state index in [0.29, 0.717) is 11.6 Å². The quantitative estimate of drug-likeness (QED) is 0.561. The normalized spacial score (nSPS) is 10.5. The van der Waals surface area contributed by atoms with Crippen LogP contribution in [0.3, 0.4) is 0 Å². The average Bonchev–Trinajstić information content (AvgIpc) is 2.46. The van der Waals surface area contributed by atoms with Gasteiger partial charge < -0.3 is 4.74 Å². The maximum absolute atomic E-state index is 13.6. The summed E-state index contributed by atoms with van der Waals surface area (Å²) in [4.78, 5) is 13.0. The summed E-state index contributed by atoms with van der Waals surface area (Å²) in [6, 6.07) is 8.81. The fourth-order valence-electron chi connectivity index (χ4n) is 1.66. The lowest BCUT2D eigenvalue weighted by atomic mass is 10.1. The first kappa shape index (κ1) is 16.0. The van der Waals surface area contributed by atoms with Crippen molar-refractivity contribution in [2.75, 3.05) is 12.9 Å². The third kappa shape index (κ3) is 4.04. The third-order valence-corrected chi connectivity index (χ3v) is 4.06. The van der Waals surface area contributed by atoms with E-state index < -0.39 is 11.6 Å². The predicted molar refractivity (Wildman–Crippen MR) is 82.1 cm³/mol. The van der Waals surface area contributed by atoms with E-state index in [9.17, 15) is 13.6 Å². The highest BCUT2D eigenvalue weighted by Crippen LogP contribution is 2.29. The van der Waals surface area contributed by atoms with Gasteiger partial charge in [0.25, 0.3) is 0 Å². The van der Waals surface area contributed by atoms with Crippen molar-refractivity contribution in [1.29, 1.82) is 0 Å². The maximum atomic E-state index is 13.6. The van der Waals surface area contributed by atoms with Gasteiger partial charge in [-0.3, -0.25) is 4.79 Å². The van der Waals surface area contributed by atoms with Crippen LogP contribution in [0.5, 0.6) is 5.75 Å². The number of carbonyl (C=O) groups excluding carboxylic acids is 1. The summed E-state index contributed by atoms with van der Waals surface area (Å²) in [7, 11) is 0. The SMILES string of the molecule is CSc1ccc(C(=O)COc2c(F)cc(F)cc2Br)cc1. The van der Waals surface area contributed by atoms with Gasteiger partial charge >= 0.3 is 0 Å². The molecule has 2 nitrogen and oxygen atoms in total. The van der Waals surface area contributed by atoms with Gasteiger partial charge in [0.05, 0.1) is 4.47 Å². The number of ketones is 1. The number of halogens is 3. The number of Topliss-reactive ketones (excluding diaryl/α,β-unsaturated/α-hetero) is 1. The number of rotatable bonds is 5. The zero-order valence-electron chi connectivity index (χ0n) is 11.0. The third-order valence-electron chi connectivity index (χ3n) is 2.72. The maximum Gasteiger partial charge on any atom is 0.200 e. The Bertz CT molecular complexity index is 636. The van der Waals surface area contributed by atoms with Crippen molar-refractivity contribution in [2.45, 2.75) is 4.90 Å². The lowest BCUT2D eigenvalue weighted by Gasteiger charge is -2.09. The first-order valence-electron chi connectivity index (χ1n) is 5.96. The van der Waals surface area contributed by atoms with Gasteiger partial charge in [-0.2, -0.15) is 0 Å². The van der Waals surface area contributed by atoms with E-state index >= 15 is 0 Å². The zero-order chi connectivity index (χ0) is 15.4. The van der Waals surface area contributed by atoms with E-state index in [1.54, 1.807) is 23.9 Å². The minimum absolute atomic E-state index is 0.130. The fourth-order valence-corrected chi connectivity index (χ4v) is 2.60. The molecule has 0 saturated carbocycles. The number of hydrogen-bond acceptors (Lipinski definition) is 3. The Morgan fingerprint density at radius 1 is 1.24 bits per heavy atom. The minimum Gasteiger partial charge on any atom is -0.481 e. The summed E-state index contributed by atoms with van der Waals surface area (Å²) in [6.45, 7) is -0.320. The lowest BCUT2D eigenvalue weighted by Crippen LogP contribution is -2.12. The zero-order valence-corrected chi connectivity index (χ0v) is 13.4. The van der Waals surface area contributed by atoms with Crippen LogP contribution in [0.15, 0.2) is 45.8 Å². The van der Waals surface area contributed by atoms with Gasteiger partial charge in [-0.25, -0.2) is 8.78 Å². The molecule has 0 amide bonds.